The summed E-state index contributed by atoms with van der Waals surface area (Å²) in [7, 11) is 0. The molecular formula is C23H23N3O3. The number of aromatic nitrogens is 1. The molecule has 4 rings (SSSR count). The molecule has 29 heavy (non-hydrogen) atoms. The van der Waals surface area contributed by atoms with Gasteiger partial charge in [0.2, 0.25) is 6.79 Å². The van der Waals surface area contributed by atoms with Crippen molar-refractivity contribution in [1.29, 1.82) is 0 Å². The van der Waals surface area contributed by atoms with Gasteiger partial charge in [-0.3, -0.25) is 9.78 Å². The van der Waals surface area contributed by atoms with E-state index in [-0.39, 0.29) is 12.7 Å². The number of amides is 1. The molecule has 6 nitrogen and oxygen atoms in total. The summed E-state index contributed by atoms with van der Waals surface area (Å²) in [6, 6.07) is 17.7. The maximum Gasteiger partial charge on any atom is 0.270 e. The third-order valence-electron chi connectivity index (χ3n) is 4.81. The molecule has 0 saturated heterocycles. The van der Waals surface area contributed by atoms with Gasteiger partial charge in [-0.2, -0.15) is 0 Å². The number of pyridine rings is 1. The van der Waals surface area contributed by atoms with Crippen LogP contribution in [0.15, 0.2) is 60.8 Å². The first kappa shape index (κ1) is 18.8. The number of nitrogens with zero attached hydrogens (tertiary/aromatic N) is 2. The topological polar surface area (TPSA) is 63.7 Å². The number of anilines is 2. The highest BCUT2D eigenvalue weighted by molar-refractivity contribution is 5.93. The van der Waals surface area contributed by atoms with Crippen LogP contribution in [0.3, 0.4) is 0 Å². The molecule has 148 valence electrons. The number of hydrogen-bond donors (Lipinski definition) is 1. The third kappa shape index (κ3) is 4.16. The molecule has 3 aromatic rings. The summed E-state index contributed by atoms with van der Waals surface area (Å²) in [5.41, 5.74) is 4.53. The average Bonchev–Trinajstić information content (AvgIpc) is 3.21. The molecule has 0 radical (unpaired) electrons. The van der Waals surface area contributed by atoms with Crippen molar-refractivity contribution in [2.75, 3.05) is 18.2 Å². The molecule has 2 aromatic carbocycles. The number of carbonyl (C=O) groups is 1. The largest absolute Gasteiger partial charge is 0.454 e. The van der Waals surface area contributed by atoms with Crippen LogP contribution >= 0.6 is 0 Å². The van der Waals surface area contributed by atoms with Gasteiger partial charge in [-0.05, 0) is 61.4 Å². The minimum atomic E-state index is -0.218. The van der Waals surface area contributed by atoms with Gasteiger partial charge < -0.3 is 19.7 Å². The van der Waals surface area contributed by atoms with E-state index in [1.54, 1.807) is 6.20 Å². The molecule has 0 bridgehead atoms. The monoisotopic (exact) mass is 389 g/mol. The van der Waals surface area contributed by atoms with Crippen molar-refractivity contribution in [3.05, 3.63) is 77.6 Å². The lowest BCUT2D eigenvalue weighted by Crippen LogP contribution is -2.24. The van der Waals surface area contributed by atoms with Crippen LogP contribution in [0.4, 0.5) is 11.4 Å². The van der Waals surface area contributed by atoms with Crippen molar-refractivity contribution >= 4 is 17.3 Å². The molecule has 0 atom stereocenters. The highest BCUT2D eigenvalue weighted by Crippen LogP contribution is 2.32. The van der Waals surface area contributed by atoms with Crippen LogP contribution < -0.4 is 19.7 Å². The standard InChI is InChI=1S/C23H23N3O3/c1-3-26(18-6-4-5-16(2)11-18)19-9-10-24-20(13-19)23(27)25-14-17-7-8-21-22(12-17)29-15-28-21/h4-13H,3,14-15H2,1-2H3,(H,25,27). The van der Waals surface area contributed by atoms with Gasteiger partial charge in [-0.1, -0.05) is 18.2 Å². The number of hydrogen-bond acceptors (Lipinski definition) is 5. The van der Waals surface area contributed by atoms with Gasteiger partial charge in [0, 0.05) is 30.7 Å². The molecule has 0 aliphatic carbocycles. The van der Waals surface area contributed by atoms with E-state index in [0.717, 1.165) is 29.2 Å². The van der Waals surface area contributed by atoms with Gasteiger partial charge in [-0.15, -0.1) is 0 Å². The van der Waals surface area contributed by atoms with Crippen LogP contribution in [0, 0.1) is 6.92 Å². The van der Waals surface area contributed by atoms with Crippen molar-refractivity contribution in [3.63, 3.8) is 0 Å². The number of aryl methyl sites for hydroxylation is 1. The van der Waals surface area contributed by atoms with Crippen LogP contribution in [0.2, 0.25) is 0 Å². The SMILES string of the molecule is CCN(c1cccc(C)c1)c1ccnc(C(=O)NCc2ccc3c(c2)OCO3)c1. The molecule has 1 aromatic heterocycles. The van der Waals surface area contributed by atoms with E-state index in [9.17, 15) is 4.79 Å². The van der Waals surface area contributed by atoms with Gasteiger partial charge in [0.05, 0.1) is 0 Å². The van der Waals surface area contributed by atoms with Crippen molar-refractivity contribution in [2.45, 2.75) is 20.4 Å². The number of carbonyl (C=O) groups excluding carboxylic acids is 1. The van der Waals surface area contributed by atoms with Crippen LogP contribution in [0.5, 0.6) is 11.5 Å². The maximum absolute atomic E-state index is 12.7. The Balaban J connectivity index is 1.48. The van der Waals surface area contributed by atoms with Gasteiger partial charge >= 0.3 is 0 Å². The molecule has 0 fully saturated rings. The summed E-state index contributed by atoms with van der Waals surface area (Å²) in [6.07, 6.45) is 1.67. The van der Waals surface area contributed by atoms with Crippen LogP contribution in [0.1, 0.15) is 28.5 Å². The smallest absolute Gasteiger partial charge is 0.270 e. The Morgan fingerprint density at radius 3 is 2.72 bits per heavy atom. The van der Waals surface area contributed by atoms with Crippen molar-refractivity contribution < 1.29 is 14.3 Å². The zero-order valence-corrected chi connectivity index (χ0v) is 16.5. The Kier molecular flexibility index (Phi) is 5.33. The first-order valence-electron chi connectivity index (χ1n) is 9.61. The summed E-state index contributed by atoms with van der Waals surface area (Å²) < 4.78 is 10.7. The van der Waals surface area contributed by atoms with E-state index < -0.39 is 0 Å². The molecule has 1 aliphatic heterocycles. The summed E-state index contributed by atoms with van der Waals surface area (Å²) >= 11 is 0. The van der Waals surface area contributed by atoms with E-state index in [1.807, 2.05) is 36.4 Å². The highest BCUT2D eigenvalue weighted by Gasteiger charge is 2.15. The number of rotatable bonds is 6. The van der Waals surface area contributed by atoms with Gasteiger partial charge in [-0.25, -0.2) is 0 Å². The summed E-state index contributed by atoms with van der Waals surface area (Å²) in [5, 5.41) is 2.92. The van der Waals surface area contributed by atoms with Crippen LogP contribution in [0.25, 0.3) is 0 Å². The lowest BCUT2D eigenvalue weighted by molar-refractivity contribution is 0.0946. The van der Waals surface area contributed by atoms with E-state index in [2.05, 4.69) is 47.2 Å². The highest BCUT2D eigenvalue weighted by atomic mass is 16.7. The summed E-state index contributed by atoms with van der Waals surface area (Å²) in [4.78, 5) is 19.1. The van der Waals surface area contributed by atoms with E-state index in [1.165, 1.54) is 5.56 Å². The third-order valence-corrected chi connectivity index (χ3v) is 4.81. The Bertz CT molecular complexity index is 1040. The van der Waals surface area contributed by atoms with Crippen molar-refractivity contribution in [2.24, 2.45) is 0 Å². The first-order chi connectivity index (χ1) is 14.1. The molecular weight excluding hydrogens is 366 g/mol. The number of benzene rings is 2. The summed E-state index contributed by atoms with van der Waals surface area (Å²) in [6.45, 7) is 5.56. The number of nitrogens with one attached hydrogen (secondary N) is 1. The second-order valence-corrected chi connectivity index (χ2v) is 6.85. The van der Waals surface area contributed by atoms with Crippen molar-refractivity contribution in [3.8, 4) is 11.5 Å². The molecule has 0 spiro atoms. The van der Waals surface area contributed by atoms with Gasteiger partial charge in [0.25, 0.3) is 5.91 Å². The molecule has 6 heteroatoms. The van der Waals surface area contributed by atoms with Crippen LogP contribution in [-0.4, -0.2) is 24.2 Å². The summed E-state index contributed by atoms with van der Waals surface area (Å²) in [5.74, 6) is 1.21. The molecule has 1 amide bonds. The van der Waals surface area contributed by atoms with E-state index >= 15 is 0 Å². The fraction of sp³-hybridized carbons (Fsp3) is 0.217. The molecule has 0 unspecified atom stereocenters. The zero-order chi connectivity index (χ0) is 20.2. The number of fused-ring (bicyclic) bond motifs is 1. The van der Waals surface area contributed by atoms with E-state index in [4.69, 9.17) is 9.47 Å². The first-order valence-corrected chi connectivity index (χ1v) is 9.61. The molecule has 2 heterocycles. The average molecular weight is 389 g/mol. The molecule has 1 N–H and O–H groups in total. The Morgan fingerprint density at radius 2 is 1.90 bits per heavy atom. The van der Waals surface area contributed by atoms with Gasteiger partial charge in [0.15, 0.2) is 11.5 Å². The Hall–Kier alpha value is -3.54. The van der Waals surface area contributed by atoms with Gasteiger partial charge in [0.1, 0.15) is 5.69 Å². The fourth-order valence-electron chi connectivity index (χ4n) is 3.35. The minimum Gasteiger partial charge on any atom is -0.454 e. The van der Waals surface area contributed by atoms with Crippen LogP contribution in [-0.2, 0) is 6.54 Å². The normalized spacial score (nSPS) is 11.9. The molecule has 0 saturated carbocycles. The Morgan fingerprint density at radius 1 is 1.07 bits per heavy atom. The molecule has 1 aliphatic rings. The maximum atomic E-state index is 12.7. The second-order valence-electron chi connectivity index (χ2n) is 6.85. The zero-order valence-electron chi connectivity index (χ0n) is 16.5. The minimum absolute atomic E-state index is 0.218. The predicted molar refractivity (Wildman–Crippen MR) is 112 cm³/mol. The Labute approximate surface area is 170 Å². The lowest BCUT2D eigenvalue weighted by atomic mass is 10.2. The quantitative estimate of drug-likeness (QED) is 0.684. The fourth-order valence-corrected chi connectivity index (χ4v) is 3.35. The van der Waals surface area contributed by atoms with E-state index in [0.29, 0.717) is 18.0 Å². The van der Waals surface area contributed by atoms with Crippen molar-refractivity contribution in [1.82, 2.24) is 10.3 Å². The second kappa shape index (κ2) is 8.22. The lowest BCUT2D eigenvalue weighted by Gasteiger charge is -2.24. The number of ether oxygens (including phenoxy) is 2. The predicted octanol–water partition coefficient (Wildman–Crippen LogP) is 4.21.